The maximum atomic E-state index is 11.7. The Morgan fingerprint density at radius 2 is 2.21 bits per heavy atom. The zero-order valence-electron chi connectivity index (χ0n) is 9.99. The lowest BCUT2D eigenvalue weighted by atomic mass is 10.2. The van der Waals surface area contributed by atoms with E-state index in [1.165, 1.54) is 0 Å². The van der Waals surface area contributed by atoms with Crippen LogP contribution in [-0.2, 0) is 9.84 Å². The summed E-state index contributed by atoms with van der Waals surface area (Å²) in [4.78, 5) is 25.2. The number of sulfone groups is 1. The summed E-state index contributed by atoms with van der Waals surface area (Å²) in [7, 11) is -3.22. The first-order chi connectivity index (χ1) is 8.70. The van der Waals surface area contributed by atoms with Gasteiger partial charge < -0.3 is 11.1 Å². The minimum absolute atomic E-state index is 0.0427. The fourth-order valence-electron chi connectivity index (χ4n) is 1.24. The van der Waals surface area contributed by atoms with Gasteiger partial charge in [0.25, 0.3) is 11.6 Å². The molecule has 1 heterocycles. The standard InChI is InChI=1S/C9H12N4O5S/c1-19(17,18)3-2-11-9(14)6-4-8(10)12-5-7(6)13(15)16/h4-5H,2-3H2,1H3,(H2,10,12)(H,11,14). The lowest BCUT2D eigenvalue weighted by molar-refractivity contribution is -0.385. The Morgan fingerprint density at radius 3 is 2.74 bits per heavy atom. The lowest BCUT2D eigenvalue weighted by Gasteiger charge is -2.05. The third-order valence-electron chi connectivity index (χ3n) is 2.10. The zero-order chi connectivity index (χ0) is 14.6. The number of nitrogens with one attached hydrogen (secondary N) is 1. The summed E-state index contributed by atoms with van der Waals surface area (Å²) in [6.07, 6.45) is 1.90. The quantitative estimate of drug-likeness (QED) is 0.540. The van der Waals surface area contributed by atoms with Crippen LogP contribution < -0.4 is 11.1 Å². The van der Waals surface area contributed by atoms with Crippen LogP contribution in [0.25, 0.3) is 0 Å². The van der Waals surface area contributed by atoms with Gasteiger partial charge in [-0.2, -0.15) is 0 Å². The van der Waals surface area contributed by atoms with Crippen LogP contribution in [-0.4, -0.2) is 42.8 Å². The summed E-state index contributed by atoms with van der Waals surface area (Å²) in [5.41, 5.74) is 4.60. The molecule has 3 N–H and O–H groups in total. The molecule has 0 unspecified atom stereocenters. The number of hydrogen-bond donors (Lipinski definition) is 2. The molecule has 0 aliphatic heterocycles. The van der Waals surface area contributed by atoms with Gasteiger partial charge in [0.05, 0.1) is 10.7 Å². The maximum Gasteiger partial charge on any atom is 0.300 e. The summed E-state index contributed by atoms with van der Waals surface area (Å²) < 4.78 is 21.8. The van der Waals surface area contributed by atoms with Gasteiger partial charge in [-0.05, 0) is 6.07 Å². The Morgan fingerprint density at radius 1 is 1.58 bits per heavy atom. The van der Waals surface area contributed by atoms with Crippen LogP contribution in [0.3, 0.4) is 0 Å². The van der Waals surface area contributed by atoms with E-state index in [-0.39, 0.29) is 23.7 Å². The first-order valence-corrected chi connectivity index (χ1v) is 7.12. The number of nitrogens with zero attached hydrogens (tertiary/aromatic N) is 2. The highest BCUT2D eigenvalue weighted by Gasteiger charge is 2.21. The summed E-state index contributed by atoms with van der Waals surface area (Å²) in [6, 6.07) is 1.06. The Bertz CT molecular complexity index is 613. The normalized spacial score (nSPS) is 11.0. The monoisotopic (exact) mass is 288 g/mol. The Kier molecular flexibility index (Phi) is 4.38. The molecule has 0 aliphatic carbocycles. The number of nitrogens with two attached hydrogens (primary N) is 1. The minimum atomic E-state index is -3.22. The molecule has 0 saturated carbocycles. The van der Waals surface area contributed by atoms with Crippen molar-refractivity contribution in [3.05, 3.63) is 27.9 Å². The minimum Gasteiger partial charge on any atom is -0.384 e. The Hall–Kier alpha value is -2.23. The fraction of sp³-hybridized carbons (Fsp3) is 0.333. The molecular formula is C9H12N4O5S. The van der Waals surface area contributed by atoms with E-state index >= 15 is 0 Å². The van der Waals surface area contributed by atoms with Gasteiger partial charge in [0.1, 0.15) is 27.4 Å². The highest BCUT2D eigenvalue weighted by atomic mass is 32.2. The van der Waals surface area contributed by atoms with Gasteiger partial charge in [0, 0.05) is 12.8 Å². The predicted molar refractivity (Wildman–Crippen MR) is 67.3 cm³/mol. The van der Waals surface area contributed by atoms with Gasteiger partial charge in [-0.25, -0.2) is 13.4 Å². The number of aromatic nitrogens is 1. The third kappa shape index (κ3) is 4.50. The Labute approximate surface area is 108 Å². The second-order valence-corrected chi connectivity index (χ2v) is 6.03. The first-order valence-electron chi connectivity index (χ1n) is 5.06. The van der Waals surface area contributed by atoms with Gasteiger partial charge in [-0.1, -0.05) is 0 Å². The molecule has 0 atom stereocenters. The zero-order valence-corrected chi connectivity index (χ0v) is 10.8. The summed E-state index contributed by atoms with van der Waals surface area (Å²) in [5.74, 6) is -1.07. The molecule has 0 radical (unpaired) electrons. The number of rotatable bonds is 5. The highest BCUT2D eigenvalue weighted by Crippen LogP contribution is 2.18. The van der Waals surface area contributed by atoms with E-state index in [1.54, 1.807) is 0 Å². The molecule has 1 aromatic rings. The number of carbonyl (C=O) groups is 1. The molecule has 0 bridgehead atoms. The molecule has 0 fully saturated rings. The molecule has 1 rings (SSSR count). The molecule has 0 aromatic carbocycles. The van der Waals surface area contributed by atoms with Crippen molar-refractivity contribution < 1.29 is 18.1 Å². The van der Waals surface area contributed by atoms with Crippen LogP contribution >= 0.6 is 0 Å². The van der Waals surface area contributed by atoms with Crippen molar-refractivity contribution in [1.82, 2.24) is 10.3 Å². The number of amides is 1. The van der Waals surface area contributed by atoms with E-state index in [0.717, 1.165) is 18.5 Å². The third-order valence-corrected chi connectivity index (χ3v) is 3.05. The van der Waals surface area contributed by atoms with Gasteiger partial charge in [-0.3, -0.25) is 14.9 Å². The number of hydrogen-bond acceptors (Lipinski definition) is 7. The fourth-order valence-corrected chi connectivity index (χ4v) is 1.71. The van der Waals surface area contributed by atoms with Crippen LogP contribution in [0.4, 0.5) is 11.5 Å². The molecule has 10 heteroatoms. The molecule has 0 saturated heterocycles. The van der Waals surface area contributed by atoms with Crippen molar-refractivity contribution in [2.45, 2.75) is 0 Å². The van der Waals surface area contributed by atoms with Gasteiger partial charge in [0.2, 0.25) is 0 Å². The van der Waals surface area contributed by atoms with E-state index in [4.69, 9.17) is 5.73 Å². The number of nitro groups is 1. The van der Waals surface area contributed by atoms with E-state index in [0.29, 0.717) is 0 Å². The average molecular weight is 288 g/mol. The average Bonchev–Trinajstić information content (AvgIpc) is 2.26. The van der Waals surface area contributed by atoms with E-state index in [1.807, 2.05) is 0 Å². The summed E-state index contributed by atoms with van der Waals surface area (Å²) in [6.45, 7) is -0.142. The molecule has 0 aliphatic rings. The van der Waals surface area contributed by atoms with Crippen molar-refractivity contribution in [3.63, 3.8) is 0 Å². The van der Waals surface area contributed by atoms with Crippen molar-refractivity contribution in [3.8, 4) is 0 Å². The molecule has 9 nitrogen and oxygen atoms in total. The molecule has 1 amide bonds. The molecule has 104 valence electrons. The summed E-state index contributed by atoms with van der Waals surface area (Å²) in [5, 5.41) is 13.0. The van der Waals surface area contributed by atoms with Crippen molar-refractivity contribution in [2.24, 2.45) is 0 Å². The number of nitrogen functional groups attached to an aromatic ring is 1. The van der Waals surface area contributed by atoms with Crippen molar-refractivity contribution >= 4 is 27.2 Å². The highest BCUT2D eigenvalue weighted by molar-refractivity contribution is 7.90. The number of pyridine rings is 1. The summed E-state index contributed by atoms with van der Waals surface area (Å²) >= 11 is 0. The topological polar surface area (TPSA) is 145 Å². The maximum absolute atomic E-state index is 11.7. The molecule has 0 spiro atoms. The van der Waals surface area contributed by atoms with Crippen LogP contribution in [0.15, 0.2) is 12.3 Å². The second-order valence-electron chi connectivity index (χ2n) is 3.77. The molecule has 1 aromatic heterocycles. The Balaban J connectivity index is 2.87. The predicted octanol–water partition coefficient (Wildman–Crippen LogP) is -0.654. The lowest BCUT2D eigenvalue weighted by Crippen LogP contribution is -2.29. The van der Waals surface area contributed by atoms with E-state index in [9.17, 15) is 23.3 Å². The van der Waals surface area contributed by atoms with Gasteiger partial charge in [0.15, 0.2) is 0 Å². The van der Waals surface area contributed by atoms with Crippen LogP contribution in [0, 0.1) is 10.1 Å². The smallest absolute Gasteiger partial charge is 0.300 e. The van der Waals surface area contributed by atoms with E-state index in [2.05, 4.69) is 10.3 Å². The van der Waals surface area contributed by atoms with Gasteiger partial charge >= 0.3 is 0 Å². The largest absolute Gasteiger partial charge is 0.384 e. The molecule has 19 heavy (non-hydrogen) atoms. The first kappa shape index (κ1) is 14.8. The van der Waals surface area contributed by atoms with Crippen LogP contribution in [0.2, 0.25) is 0 Å². The van der Waals surface area contributed by atoms with Crippen LogP contribution in [0.1, 0.15) is 10.4 Å². The van der Waals surface area contributed by atoms with E-state index < -0.39 is 26.4 Å². The molecular weight excluding hydrogens is 276 g/mol. The van der Waals surface area contributed by atoms with Crippen LogP contribution in [0.5, 0.6) is 0 Å². The number of anilines is 1. The van der Waals surface area contributed by atoms with Gasteiger partial charge in [-0.15, -0.1) is 0 Å². The SMILES string of the molecule is CS(=O)(=O)CCNC(=O)c1cc(N)ncc1[N+](=O)[O-]. The van der Waals surface area contributed by atoms with Crippen molar-refractivity contribution in [1.29, 1.82) is 0 Å². The number of carbonyl (C=O) groups excluding carboxylic acids is 1. The second kappa shape index (κ2) is 5.61. The van der Waals surface area contributed by atoms with Crippen molar-refractivity contribution in [2.75, 3.05) is 24.3 Å².